The van der Waals surface area contributed by atoms with Crippen LogP contribution in [0, 0.1) is 5.82 Å². The number of hydrogen-bond donors (Lipinski definition) is 1. The normalized spacial score (nSPS) is 15.2. The fraction of sp³-hybridized carbons (Fsp3) is 0.421. The van der Waals surface area contributed by atoms with E-state index in [0.717, 1.165) is 44.7 Å². The topological polar surface area (TPSA) is 91.3 Å². The summed E-state index contributed by atoms with van der Waals surface area (Å²) in [5.74, 6) is -0.000412. The van der Waals surface area contributed by atoms with Crippen molar-refractivity contribution in [3.8, 4) is 17.0 Å². The van der Waals surface area contributed by atoms with E-state index in [2.05, 4.69) is 20.0 Å². The van der Waals surface area contributed by atoms with Crippen molar-refractivity contribution in [2.45, 2.75) is 6.42 Å². The second-order valence-corrected chi connectivity index (χ2v) is 6.74. The first-order valence-corrected chi connectivity index (χ1v) is 9.30. The smallest absolute Gasteiger partial charge is 0.222 e. The summed E-state index contributed by atoms with van der Waals surface area (Å²) >= 11 is 0. The van der Waals surface area contributed by atoms with Gasteiger partial charge in [0.2, 0.25) is 5.95 Å². The Morgan fingerprint density at radius 3 is 2.89 bits per heavy atom. The van der Waals surface area contributed by atoms with Crippen molar-refractivity contribution in [2.75, 3.05) is 45.2 Å². The summed E-state index contributed by atoms with van der Waals surface area (Å²) in [4.78, 5) is 10.5. The molecule has 0 saturated carbocycles. The van der Waals surface area contributed by atoms with Crippen LogP contribution in [0.4, 0.5) is 10.3 Å². The molecule has 9 heteroatoms. The average Bonchev–Trinajstić information content (AvgIpc) is 3.03. The molecule has 148 valence electrons. The Labute approximate surface area is 162 Å². The van der Waals surface area contributed by atoms with E-state index in [9.17, 15) is 4.39 Å². The van der Waals surface area contributed by atoms with E-state index in [-0.39, 0.29) is 11.7 Å². The minimum Gasteiger partial charge on any atom is -0.490 e. The molecule has 8 nitrogen and oxygen atoms in total. The van der Waals surface area contributed by atoms with Crippen molar-refractivity contribution in [3.63, 3.8) is 0 Å². The number of rotatable bonds is 6. The van der Waals surface area contributed by atoms with Crippen LogP contribution >= 0.6 is 0 Å². The van der Waals surface area contributed by atoms with E-state index in [1.807, 2.05) is 0 Å². The molecule has 0 atom stereocenters. The molecule has 4 rings (SSSR count). The fourth-order valence-electron chi connectivity index (χ4n) is 3.32. The SMILES string of the molecule is Cn1nc(-c2ccc(OCCCN3CCOCC3)c(F)c2)c2cnc(N)nc21. The van der Waals surface area contributed by atoms with Crippen LogP contribution in [0.5, 0.6) is 5.75 Å². The van der Waals surface area contributed by atoms with E-state index < -0.39 is 5.82 Å². The minimum atomic E-state index is -0.418. The molecule has 3 heterocycles. The number of aromatic nitrogens is 4. The van der Waals surface area contributed by atoms with Crippen LogP contribution in [-0.4, -0.2) is 64.1 Å². The Morgan fingerprint density at radius 2 is 2.11 bits per heavy atom. The Morgan fingerprint density at radius 1 is 1.29 bits per heavy atom. The monoisotopic (exact) mass is 386 g/mol. The van der Waals surface area contributed by atoms with Gasteiger partial charge in [0, 0.05) is 38.4 Å². The van der Waals surface area contributed by atoms with Crippen molar-refractivity contribution < 1.29 is 13.9 Å². The zero-order chi connectivity index (χ0) is 19.5. The van der Waals surface area contributed by atoms with Crippen molar-refractivity contribution in [1.29, 1.82) is 0 Å². The van der Waals surface area contributed by atoms with Crippen molar-refractivity contribution in [2.24, 2.45) is 7.05 Å². The van der Waals surface area contributed by atoms with Crippen LogP contribution in [-0.2, 0) is 11.8 Å². The molecule has 1 fully saturated rings. The highest BCUT2D eigenvalue weighted by atomic mass is 19.1. The highest BCUT2D eigenvalue weighted by Crippen LogP contribution is 2.29. The molecule has 1 aliphatic rings. The molecule has 1 saturated heterocycles. The Balaban J connectivity index is 1.43. The Bertz CT molecular complexity index is 970. The van der Waals surface area contributed by atoms with Gasteiger partial charge < -0.3 is 15.2 Å². The number of hydrogen-bond acceptors (Lipinski definition) is 7. The lowest BCUT2D eigenvalue weighted by atomic mass is 10.1. The maximum absolute atomic E-state index is 14.6. The largest absolute Gasteiger partial charge is 0.490 e. The van der Waals surface area contributed by atoms with Crippen molar-refractivity contribution >= 4 is 17.0 Å². The van der Waals surface area contributed by atoms with E-state index >= 15 is 0 Å². The maximum Gasteiger partial charge on any atom is 0.222 e. The van der Waals surface area contributed by atoms with Crippen LogP contribution < -0.4 is 10.5 Å². The van der Waals surface area contributed by atoms with Crippen molar-refractivity contribution in [1.82, 2.24) is 24.6 Å². The van der Waals surface area contributed by atoms with Gasteiger partial charge in [-0.15, -0.1) is 0 Å². The van der Waals surface area contributed by atoms with Gasteiger partial charge in [0.15, 0.2) is 17.2 Å². The number of halogens is 1. The van der Waals surface area contributed by atoms with Gasteiger partial charge in [-0.05, 0) is 24.6 Å². The van der Waals surface area contributed by atoms with Gasteiger partial charge in [-0.1, -0.05) is 0 Å². The van der Waals surface area contributed by atoms with E-state index in [4.69, 9.17) is 15.2 Å². The number of morpholine rings is 1. The summed E-state index contributed by atoms with van der Waals surface area (Å²) in [7, 11) is 1.76. The lowest BCUT2D eigenvalue weighted by Gasteiger charge is -2.26. The average molecular weight is 386 g/mol. The first kappa shape index (κ1) is 18.6. The Kier molecular flexibility index (Phi) is 5.36. The van der Waals surface area contributed by atoms with Gasteiger partial charge in [-0.25, -0.2) is 14.1 Å². The molecule has 3 aromatic rings. The van der Waals surface area contributed by atoms with Crippen molar-refractivity contribution in [3.05, 3.63) is 30.2 Å². The second-order valence-electron chi connectivity index (χ2n) is 6.74. The fourth-order valence-corrected chi connectivity index (χ4v) is 3.32. The molecule has 2 aromatic heterocycles. The van der Waals surface area contributed by atoms with Crippen LogP contribution in [0.15, 0.2) is 24.4 Å². The van der Waals surface area contributed by atoms with Crippen LogP contribution in [0.1, 0.15) is 6.42 Å². The summed E-state index contributed by atoms with van der Waals surface area (Å²) in [5.41, 5.74) is 7.49. The minimum absolute atomic E-state index is 0.175. The highest BCUT2D eigenvalue weighted by Gasteiger charge is 2.15. The summed E-state index contributed by atoms with van der Waals surface area (Å²) in [6.45, 7) is 4.82. The second kappa shape index (κ2) is 8.07. The number of benzene rings is 1. The number of aryl methyl sites for hydroxylation is 1. The third-order valence-corrected chi connectivity index (χ3v) is 4.78. The van der Waals surface area contributed by atoms with Crippen LogP contribution in [0.2, 0.25) is 0 Å². The van der Waals surface area contributed by atoms with Gasteiger partial charge in [-0.3, -0.25) is 4.90 Å². The number of nitrogen functional groups attached to an aromatic ring is 1. The molecule has 28 heavy (non-hydrogen) atoms. The molecule has 0 amide bonds. The first-order valence-electron chi connectivity index (χ1n) is 9.30. The van der Waals surface area contributed by atoms with Gasteiger partial charge >= 0.3 is 0 Å². The summed E-state index contributed by atoms with van der Waals surface area (Å²) in [6.07, 6.45) is 2.44. The Hall–Kier alpha value is -2.78. The van der Waals surface area contributed by atoms with Crippen LogP contribution in [0.3, 0.4) is 0 Å². The summed E-state index contributed by atoms with van der Waals surface area (Å²) in [6, 6.07) is 4.85. The summed E-state index contributed by atoms with van der Waals surface area (Å²) < 4.78 is 27.1. The lowest BCUT2D eigenvalue weighted by molar-refractivity contribution is 0.0357. The molecular weight excluding hydrogens is 363 g/mol. The first-order chi connectivity index (χ1) is 13.6. The third-order valence-electron chi connectivity index (χ3n) is 4.78. The van der Waals surface area contributed by atoms with E-state index in [1.54, 1.807) is 30.1 Å². The number of nitrogens with zero attached hydrogens (tertiary/aromatic N) is 5. The number of nitrogens with two attached hydrogens (primary N) is 1. The number of fused-ring (bicyclic) bond motifs is 1. The molecule has 0 aliphatic carbocycles. The highest BCUT2D eigenvalue weighted by molar-refractivity contribution is 5.91. The number of ether oxygens (including phenoxy) is 2. The quantitative estimate of drug-likeness (QED) is 0.647. The molecule has 2 N–H and O–H groups in total. The zero-order valence-electron chi connectivity index (χ0n) is 15.8. The van der Waals surface area contributed by atoms with Gasteiger partial charge in [0.05, 0.1) is 25.2 Å². The molecular formula is C19H23FN6O2. The third kappa shape index (κ3) is 3.90. The standard InChI is InChI=1S/C19H23FN6O2/c1-25-18-14(12-22-19(21)23-18)17(24-25)13-3-4-16(15(20)11-13)28-8-2-5-26-6-9-27-10-7-26/h3-4,11-12H,2,5-10H2,1H3,(H2,21,22,23). The predicted octanol–water partition coefficient (Wildman–Crippen LogP) is 1.85. The predicted molar refractivity (Wildman–Crippen MR) is 103 cm³/mol. The van der Waals surface area contributed by atoms with E-state index in [1.165, 1.54) is 6.07 Å². The molecule has 0 bridgehead atoms. The molecule has 1 aromatic carbocycles. The molecule has 0 unspecified atom stereocenters. The van der Waals surface area contributed by atoms with E-state index in [0.29, 0.717) is 23.5 Å². The number of anilines is 1. The van der Waals surface area contributed by atoms with Gasteiger partial charge in [0.25, 0.3) is 0 Å². The lowest BCUT2D eigenvalue weighted by Crippen LogP contribution is -2.37. The maximum atomic E-state index is 14.6. The zero-order valence-corrected chi connectivity index (χ0v) is 15.8. The molecule has 0 radical (unpaired) electrons. The summed E-state index contributed by atoms with van der Waals surface area (Å²) in [5, 5.41) is 5.15. The van der Waals surface area contributed by atoms with Gasteiger partial charge in [-0.2, -0.15) is 10.1 Å². The molecule has 0 spiro atoms. The van der Waals surface area contributed by atoms with Gasteiger partial charge in [0.1, 0.15) is 5.69 Å². The molecule has 1 aliphatic heterocycles. The van der Waals surface area contributed by atoms with Crippen LogP contribution in [0.25, 0.3) is 22.3 Å².